The van der Waals surface area contributed by atoms with Crippen molar-refractivity contribution in [1.29, 1.82) is 0 Å². The summed E-state index contributed by atoms with van der Waals surface area (Å²) in [5.74, 6) is -1.39. The molecular weight excluding hydrogens is 566 g/mol. The number of amides is 1. The van der Waals surface area contributed by atoms with E-state index >= 15 is 0 Å². The second-order valence-electron chi connectivity index (χ2n) is 13.0. The number of carbonyl (C=O) groups is 2. The fourth-order valence-electron chi connectivity index (χ4n) is 6.96. The molecule has 13 nitrogen and oxygen atoms in total. The van der Waals surface area contributed by atoms with Crippen LogP contribution in [-0.2, 0) is 33.3 Å². The number of hydrogen-bond donors (Lipinski definition) is 6. The van der Waals surface area contributed by atoms with E-state index in [4.69, 9.17) is 23.7 Å². The molecule has 248 valence electrons. The summed E-state index contributed by atoms with van der Waals surface area (Å²) in [4.78, 5) is 24.6. The van der Waals surface area contributed by atoms with Gasteiger partial charge >= 0.3 is 5.97 Å². The Morgan fingerprint density at radius 1 is 0.791 bits per heavy atom. The van der Waals surface area contributed by atoms with Gasteiger partial charge in [-0.25, -0.2) is 4.79 Å². The first-order valence-corrected chi connectivity index (χ1v) is 15.9. The molecule has 0 aromatic heterocycles. The molecule has 0 bridgehead atoms. The number of carboxylic acid groups (broad SMARTS) is 1. The van der Waals surface area contributed by atoms with Crippen LogP contribution in [0.15, 0.2) is 0 Å². The topological polar surface area (TPSA) is 193 Å². The van der Waals surface area contributed by atoms with Crippen LogP contribution in [0.3, 0.4) is 0 Å². The highest BCUT2D eigenvalue weighted by Gasteiger charge is 2.50. The van der Waals surface area contributed by atoms with E-state index in [1.807, 2.05) is 6.92 Å². The van der Waals surface area contributed by atoms with Crippen molar-refractivity contribution in [3.05, 3.63) is 0 Å². The van der Waals surface area contributed by atoms with Gasteiger partial charge in [-0.05, 0) is 44.9 Å². The first kappa shape index (κ1) is 34.5. The van der Waals surface area contributed by atoms with Gasteiger partial charge in [0.1, 0.15) is 36.6 Å². The van der Waals surface area contributed by atoms with Crippen LogP contribution in [-0.4, -0.2) is 117 Å². The highest BCUT2D eigenvalue weighted by molar-refractivity contribution is 5.73. The molecule has 2 saturated carbocycles. The van der Waals surface area contributed by atoms with Crippen LogP contribution in [0.1, 0.15) is 85.5 Å². The third-order valence-corrected chi connectivity index (χ3v) is 9.54. The molecular formula is C30H51NO12. The predicted molar refractivity (Wildman–Crippen MR) is 151 cm³/mol. The minimum atomic E-state index is -1.48. The second-order valence-corrected chi connectivity index (χ2v) is 13.0. The van der Waals surface area contributed by atoms with Crippen LogP contribution >= 0.6 is 0 Å². The summed E-state index contributed by atoms with van der Waals surface area (Å²) in [6.45, 7) is 6.49. The highest BCUT2D eigenvalue weighted by Crippen LogP contribution is 2.36. The van der Waals surface area contributed by atoms with Crippen molar-refractivity contribution in [3.63, 3.8) is 0 Å². The van der Waals surface area contributed by atoms with Gasteiger partial charge in [0.05, 0.1) is 24.4 Å². The molecule has 2 saturated heterocycles. The molecule has 0 aromatic rings. The molecule has 0 spiro atoms. The van der Waals surface area contributed by atoms with Gasteiger partial charge in [0.25, 0.3) is 0 Å². The molecule has 0 aromatic carbocycles. The zero-order chi connectivity index (χ0) is 31.4. The lowest BCUT2D eigenvalue weighted by molar-refractivity contribution is -0.334. The first-order valence-electron chi connectivity index (χ1n) is 15.9. The molecule has 4 fully saturated rings. The Labute approximate surface area is 253 Å². The van der Waals surface area contributed by atoms with Gasteiger partial charge in [-0.15, -0.1) is 0 Å². The maximum absolute atomic E-state index is 12.3. The summed E-state index contributed by atoms with van der Waals surface area (Å²) in [6.07, 6.45) is -5.29. The lowest BCUT2D eigenvalue weighted by atomic mass is 9.85. The van der Waals surface area contributed by atoms with Crippen LogP contribution in [0.25, 0.3) is 0 Å². The average molecular weight is 618 g/mol. The zero-order valence-corrected chi connectivity index (χ0v) is 25.6. The normalized spacial score (nSPS) is 43.6. The maximum atomic E-state index is 12.3. The number of aliphatic hydroxyl groups excluding tert-OH is 4. The van der Waals surface area contributed by atoms with Crippen molar-refractivity contribution in [2.75, 3.05) is 0 Å². The van der Waals surface area contributed by atoms with Crippen molar-refractivity contribution in [2.24, 2.45) is 11.8 Å². The van der Waals surface area contributed by atoms with Crippen LogP contribution in [0.4, 0.5) is 0 Å². The largest absolute Gasteiger partial charge is 0.479 e. The summed E-state index contributed by atoms with van der Waals surface area (Å²) in [7, 11) is 0. The average Bonchev–Trinajstić information content (AvgIpc) is 2.96. The minimum Gasteiger partial charge on any atom is -0.479 e. The number of nitrogens with one attached hydrogen (secondary N) is 1. The smallest absolute Gasteiger partial charge is 0.332 e. The summed E-state index contributed by atoms with van der Waals surface area (Å²) in [5, 5.41) is 54.9. The Bertz CT molecular complexity index is 918. The number of aliphatic hydroxyl groups is 4. The van der Waals surface area contributed by atoms with Gasteiger partial charge in [-0.1, -0.05) is 45.4 Å². The Morgan fingerprint density at radius 2 is 1.44 bits per heavy atom. The van der Waals surface area contributed by atoms with E-state index in [9.17, 15) is 35.1 Å². The van der Waals surface area contributed by atoms with Gasteiger partial charge in [0, 0.05) is 6.92 Å². The molecule has 2 aliphatic carbocycles. The summed E-state index contributed by atoms with van der Waals surface area (Å²) in [5.41, 5.74) is 0. The summed E-state index contributed by atoms with van der Waals surface area (Å²) in [6, 6.07) is -1.02. The van der Waals surface area contributed by atoms with Gasteiger partial charge in [0.2, 0.25) is 5.91 Å². The van der Waals surface area contributed by atoms with Gasteiger partial charge in [-0.3, -0.25) is 4.79 Å². The predicted octanol–water partition coefficient (Wildman–Crippen LogP) is 0.824. The van der Waals surface area contributed by atoms with Crippen molar-refractivity contribution in [2.45, 2.75) is 165 Å². The van der Waals surface area contributed by atoms with E-state index in [2.05, 4.69) is 5.32 Å². The number of carboxylic acids is 1. The Kier molecular flexibility index (Phi) is 12.2. The van der Waals surface area contributed by atoms with Gasteiger partial charge in [0.15, 0.2) is 18.7 Å². The number of hydrogen-bond acceptors (Lipinski definition) is 11. The summed E-state index contributed by atoms with van der Waals surface area (Å²) >= 11 is 0. The molecule has 43 heavy (non-hydrogen) atoms. The van der Waals surface area contributed by atoms with Crippen LogP contribution in [0, 0.1) is 11.8 Å². The quantitative estimate of drug-likeness (QED) is 0.202. The molecule has 1 amide bonds. The molecule has 4 rings (SSSR count). The third kappa shape index (κ3) is 8.44. The molecule has 5 unspecified atom stereocenters. The van der Waals surface area contributed by atoms with Crippen LogP contribution in [0.2, 0.25) is 0 Å². The highest BCUT2D eigenvalue weighted by atomic mass is 16.7. The molecule has 2 aliphatic heterocycles. The molecule has 2 heterocycles. The molecule has 0 radical (unpaired) electrons. The number of carbonyl (C=O) groups excluding carboxylic acids is 1. The molecule has 14 atom stereocenters. The van der Waals surface area contributed by atoms with Crippen molar-refractivity contribution < 1.29 is 58.8 Å². The van der Waals surface area contributed by atoms with E-state index in [1.165, 1.54) is 6.92 Å². The number of rotatable bonds is 10. The van der Waals surface area contributed by atoms with E-state index in [-0.39, 0.29) is 11.8 Å². The third-order valence-electron chi connectivity index (χ3n) is 9.54. The second kappa shape index (κ2) is 15.2. The fraction of sp³-hybridized carbons (Fsp3) is 0.933. The monoisotopic (exact) mass is 617 g/mol. The van der Waals surface area contributed by atoms with Crippen molar-refractivity contribution >= 4 is 11.9 Å². The van der Waals surface area contributed by atoms with E-state index in [0.29, 0.717) is 12.8 Å². The fourth-order valence-corrected chi connectivity index (χ4v) is 6.96. The lowest BCUT2D eigenvalue weighted by Crippen LogP contribution is -2.66. The standard InChI is InChI=1S/C30H51NO12/c1-14-9-8-12-19(26(14)43-30-25(36)24(35)22(33)15(2)40-30)42-29-21(31-17(4)32)27(23(34)16(3)39-29)41-20(28(37)38)13-18-10-6-5-7-11-18/h14-16,18-27,29-30,33-36H,5-13H2,1-4H3,(H,31,32)(H,37,38)/t14?,15-,16-,19+,20-,21?,22-,23+,24?,25-,26-,27?,29-,30?/m0/s1. The summed E-state index contributed by atoms with van der Waals surface area (Å²) < 4.78 is 30.5. The maximum Gasteiger partial charge on any atom is 0.332 e. The Balaban J connectivity index is 1.53. The van der Waals surface area contributed by atoms with Crippen LogP contribution < -0.4 is 5.32 Å². The van der Waals surface area contributed by atoms with Crippen molar-refractivity contribution in [1.82, 2.24) is 5.32 Å². The van der Waals surface area contributed by atoms with E-state index in [0.717, 1.165) is 44.9 Å². The first-order chi connectivity index (χ1) is 20.4. The van der Waals surface area contributed by atoms with Gasteiger partial charge < -0.3 is 54.5 Å². The SMILES string of the molecule is CC(=O)NC1C(O[C@@H](CC2CCCCC2)C(=O)O)[C@H](O)[C@H](C)O[C@H]1O[C@@H]1CCCC(C)[C@@H]1OC1O[C@@H](C)[C@H](O)C(O)[C@@H]1O. The zero-order valence-electron chi connectivity index (χ0n) is 25.6. The number of ether oxygens (including phenoxy) is 5. The lowest BCUT2D eigenvalue weighted by Gasteiger charge is -2.48. The van der Waals surface area contributed by atoms with Crippen molar-refractivity contribution in [3.8, 4) is 0 Å². The molecule has 13 heteroatoms. The molecule has 6 N–H and O–H groups in total. The Morgan fingerprint density at radius 3 is 2.09 bits per heavy atom. The van der Waals surface area contributed by atoms with E-state index in [1.54, 1.807) is 13.8 Å². The minimum absolute atomic E-state index is 0.0430. The number of aliphatic carboxylic acids is 1. The van der Waals surface area contributed by atoms with E-state index < -0.39 is 91.5 Å². The Hall–Kier alpha value is -1.42. The van der Waals surface area contributed by atoms with Crippen LogP contribution in [0.5, 0.6) is 0 Å². The molecule has 4 aliphatic rings. The van der Waals surface area contributed by atoms with Gasteiger partial charge in [-0.2, -0.15) is 0 Å².